The number of aromatic carboxylic acids is 1. The number of fused-ring (bicyclic) bond motifs is 2. The number of ketones is 1. The second-order valence-electron chi connectivity index (χ2n) is 15.1. The van der Waals surface area contributed by atoms with Crippen LogP contribution in [0, 0.1) is 12.3 Å². The maximum absolute atomic E-state index is 13.1. The highest BCUT2D eigenvalue weighted by Gasteiger charge is 2.24. The highest BCUT2D eigenvalue weighted by Crippen LogP contribution is 2.42. The van der Waals surface area contributed by atoms with Gasteiger partial charge in [0, 0.05) is 106 Å². The lowest BCUT2D eigenvalue weighted by Crippen LogP contribution is -2.43. The Morgan fingerprint density at radius 1 is 0.746 bits per heavy atom. The van der Waals surface area contributed by atoms with Gasteiger partial charge in [-0.15, -0.1) is 12.3 Å². The Labute approximate surface area is 392 Å². The van der Waals surface area contributed by atoms with Crippen LogP contribution in [0.1, 0.15) is 68.1 Å². The normalized spacial score (nSPS) is 11.3. The fraction of sp³-hybridized carbons (Fsp3) is 0.404. The number of terminal acetylenes is 1. The van der Waals surface area contributed by atoms with E-state index >= 15 is 0 Å². The fourth-order valence-electron chi connectivity index (χ4n) is 6.62. The highest BCUT2D eigenvalue weighted by atomic mass is 32.1. The Morgan fingerprint density at radius 3 is 2.06 bits per heavy atom. The second kappa shape index (κ2) is 28.2. The lowest BCUT2D eigenvalue weighted by molar-refractivity contribution is -0.129. The molecule has 1 aliphatic carbocycles. The molecule has 4 rings (SSSR count). The van der Waals surface area contributed by atoms with Gasteiger partial charge in [-0.2, -0.15) is 0 Å². The molecule has 19 nitrogen and oxygen atoms in total. The zero-order valence-electron chi connectivity index (χ0n) is 36.9. The van der Waals surface area contributed by atoms with Crippen molar-refractivity contribution in [2.45, 2.75) is 63.8 Å². The molecule has 1 heterocycles. The number of thiocarbonyl (C=S) groups is 1. The minimum Gasteiger partial charge on any atom is -0.508 e. The van der Waals surface area contributed by atoms with Gasteiger partial charge in [0.25, 0.3) is 0 Å². The Bertz CT molecular complexity index is 2430. The third-order valence-electron chi connectivity index (χ3n) is 9.91. The largest absolute Gasteiger partial charge is 0.508 e. The summed E-state index contributed by atoms with van der Waals surface area (Å²) < 4.78 is 22.3. The summed E-state index contributed by atoms with van der Waals surface area (Å²) in [5, 5.41) is 34.8. The predicted molar refractivity (Wildman–Crippen MR) is 252 cm³/mol. The van der Waals surface area contributed by atoms with E-state index in [9.17, 15) is 43.8 Å². The number of carboxylic acids is 1. The number of anilines is 1. The van der Waals surface area contributed by atoms with Crippen LogP contribution >= 0.6 is 12.2 Å². The standard InChI is InChI=1S/C47H56N6O13S/c1-2-3-6-42(58)49-18-4-21-63-23-25-65-26-24-64-22-5-19-50-43(59)16-14-38(56)37(13-15-41(48)57)53-44(60)17-20-51-47(67)52-30-7-10-33(36(27-30)46(61)62)45-34-11-8-31(54)28-39(34)66-40-29-32(55)9-12-35(40)45/h1,7-12,27-29,37,54H,3-6,13-26H2,(H2,48,57)(H,49,58)(H,50,59)(H,53,60)(H,61,62)(H2,51,52,67). The number of carbonyl (C=O) groups is 6. The van der Waals surface area contributed by atoms with Crippen molar-refractivity contribution in [3.8, 4) is 40.5 Å². The van der Waals surface area contributed by atoms with Crippen molar-refractivity contribution in [1.82, 2.24) is 21.3 Å². The van der Waals surface area contributed by atoms with Crippen LogP contribution in [0.4, 0.5) is 5.69 Å². The van der Waals surface area contributed by atoms with E-state index in [4.69, 9.17) is 43.0 Å². The van der Waals surface area contributed by atoms with Gasteiger partial charge in [0.15, 0.2) is 16.3 Å². The molecule has 0 spiro atoms. The lowest BCUT2D eigenvalue weighted by atomic mass is 9.90. The number of amides is 4. The summed E-state index contributed by atoms with van der Waals surface area (Å²) in [7, 11) is 0. The molecule has 1 atom stereocenters. The minimum absolute atomic E-state index is 0.0198. The average Bonchev–Trinajstić information content (AvgIpc) is 3.29. The van der Waals surface area contributed by atoms with Gasteiger partial charge < -0.3 is 61.2 Å². The number of rotatable bonds is 30. The SMILES string of the molecule is C#CCCC(=O)NCCCOCCOCCOCCCNC(=O)CCC(=O)C(CCC(N)=O)NC(=O)CCNC(=S)Nc1ccc(-c2c3ccc(=O)cc-3oc3cc(O)ccc23)c(C(=O)O)c1. The van der Waals surface area contributed by atoms with Crippen LogP contribution in [0.15, 0.2) is 63.8 Å². The zero-order valence-corrected chi connectivity index (χ0v) is 37.8. The van der Waals surface area contributed by atoms with Crippen molar-refractivity contribution >= 4 is 69.4 Å². The number of aromatic hydroxyl groups is 1. The predicted octanol–water partition coefficient (Wildman–Crippen LogP) is 3.22. The fourth-order valence-corrected chi connectivity index (χ4v) is 6.84. The van der Waals surface area contributed by atoms with Crippen LogP contribution in [0.5, 0.6) is 5.75 Å². The average molecular weight is 945 g/mol. The first kappa shape index (κ1) is 52.7. The van der Waals surface area contributed by atoms with Gasteiger partial charge in [-0.05, 0) is 73.4 Å². The number of nitrogens with two attached hydrogens (primary N) is 1. The number of hydrogen-bond donors (Lipinski definition) is 8. The van der Waals surface area contributed by atoms with Gasteiger partial charge in [0.1, 0.15) is 17.1 Å². The molecule has 1 unspecified atom stereocenters. The van der Waals surface area contributed by atoms with E-state index in [0.717, 1.165) is 0 Å². The smallest absolute Gasteiger partial charge is 0.336 e. The maximum Gasteiger partial charge on any atom is 0.336 e. The Morgan fingerprint density at radius 2 is 1.40 bits per heavy atom. The minimum atomic E-state index is -1.25. The van der Waals surface area contributed by atoms with E-state index in [1.54, 1.807) is 24.3 Å². The van der Waals surface area contributed by atoms with Crippen LogP contribution in [0.3, 0.4) is 0 Å². The molecular formula is C47H56N6O13S. The molecule has 2 aromatic rings. The summed E-state index contributed by atoms with van der Waals surface area (Å²) in [5.74, 6) is -0.772. The molecule has 0 fully saturated rings. The first-order valence-corrected chi connectivity index (χ1v) is 22.1. The molecule has 2 aliphatic rings. The molecule has 0 saturated heterocycles. The molecule has 2 aromatic carbocycles. The third-order valence-corrected chi connectivity index (χ3v) is 10.2. The third kappa shape index (κ3) is 18.5. The number of primary amides is 1. The number of Topliss-reactive ketones (excluding diaryl/α,β-unsaturated/α-hetero) is 1. The molecule has 0 saturated carbocycles. The molecule has 67 heavy (non-hydrogen) atoms. The summed E-state index contributed by atoms with van der Waals surface area (Å²) in [4.78, 5) is 86.1. The Hall–Kier alpha value is -6.92. The molecule has 9 N–H and O–H groups in total. The summed E-state index contributed by atoms with van der Waals surface area (Å²) in [6.07, 6.45) is 6.41. The second-order valence-corrected chi connectivity index (χ2v) is 15.5. The topological polar surface area (TPSA) is 287 Å². The quantitative estimate of drug-likeness (QED) is 0.0161. The maximum atomic E-state index is 13.1. The summed E-state index contributed by atoms with van der Waals surface area (Å²) >= 11 is 5.39. The lowest BCUT2D eigenvalue weighted by Gasteiger charge is -2.18. The first-order valence-electron chi connectivity index (χ1n) is 21.7. The molecule has 358 valence electrons. The highest BCUT2D eigenvalue weighted by molar-refractivity contribution is 7.80. The van der Waals surface area contributed by atoms with Crippen molar-refractivity contribution in [3.05, 3.63) is 70.4 Å². The van der Waals surface area contributed by atoms with Gasteiger partial charge in [0.05, 0.1) is 38.0 Å². The van der Waals surface area contributed by atoms with E-state index in [1.807, 2.05) is 0 Å². The monoisotopic (exact) mass is 944 g/mol. The van der Waals surface area contributed by atoms with Gasteiger partial charge in [0.2, 0.25) is 23.6 Å². The van der Waals surface area contributed by atoms with Gasteiger partial charge >= 0.3 is 5.97 Å². The molecular weight excluding hydrogens is 889 g/mol. The van der Waals surface area contributed by atoms with Gasteiger partial charge in [-0.3, -0.25) is 28.8 Å². The van der Waals surface area contributed by atoms with Crippen LogP contribution in [0.25, 0.3) is 33.4 Å². The number of nitrogens with one attached hydrogen (secondary N) is 5. The number of carbonyl (C=O) groups excluding carboxylic acids is 5. The molecule has 0 aromatic heterocycles. The first-order chi connectivity index (χ1) is 32.2. The number of phenols is 1. The van der Waals surface area contributed by atoms with Crippen LogP contribution < -0.4 is 37.7 Å². The van der Waals surface area contributed by atoms with Gasteiger partial charge in [-0.1, -0.05) is 6.07 Å². The number of phenolic OH excluding ortho intramolecular Hbond substituents is 1. The van der Waals surface area contributed by atoms with Crippen molar-refractivity contribution in [1.29, 1.82) is 0 Å². The number of benzene rings is 3. The van der Waals surface area contributed by atoms with Gasteiger partial charge in [-0.25, -0.2) is 4.79 Å². The molecule has 0 radical (unpaired) electrons. The molecule has 4 amide bonds. The van der Waals surface area contributed by atoms with Crippen molar-refractivity contribution < 1.29 is 57.6 Å². The Balaban J connectivity index is 1.14. The van der Waals surface area contributed by atoms with Crippen molar-refractivity contribution in [2.75, 3.05) is 64.6 Å². The van der Waals surface area contributed by atoms with E-state index in [2.05, 4.69) is 32.5 Å². The summed E-state index contributed by atoms with van der Waals surface area (Å²) in [6.45, 7) is 3.27. The van der Waals surface area contributed by atoms with Crippen molar-refractivity contribution in [3.63, 3.8) is 0 Å². The molecule has 1 aliphatic heterocycles. The summed E-state index contributed by atoms with van der Waals surface area (Å²) in [5.41, 5.74) is 6.72. The molecule has 0 bridgehead atoms. The number of hydrogen-bond acceptors (Lipinski definition) is 13. The van der Waals surface area contributed by atoms with Crippen molar-refractivity contribution in [2.24, 2.45) is 5.73 Å². The molecule has 20 heteroatoms. The van der Waals surface area contributed by atoms with Crippen LogP contribution in [0.2, 0.25) is 0 Å². The van der Waals surface area contributed by atoms with Crippen LogP contribution in [-0.2, 0) is 38.2 Å². The van der Waals surface area contributed by atoms with E-state index in [1.165, 1.54) is 30.3 Å². The van der Waals surface area contributed by atoms with E-state index in [0.29, 0.717) is 106 Å². The summed E-state index contributed by atoms with van der Waals surface area (Å²) in [6, 6.07) is 12.1. The number of ether oxygens (including phenoxy) is 3. The number of carboxylic acid groups (broad SMARTS) is 1. The van der Waals surface area contributed by atoms with E-state index < -0.39 is 29.6 Å². The van der Waals surface area contributed by atoms with E-state index in [-0.39, 0.29) is 83.7 Å². The zero-order chi connectivity index (χ0) is 48.6. The van der Waals surface area contributed by atoms with Crippen LogP contribution in [-0.4, -0.2) is 116 Å². The Kier molecular flexibility index (Phi) is 22.2.